The van der Waals surface area contributed by atoms with E-state index in [1.165, 1.54) is 0 Å². The van der Waals surface area contributed by atoms with Gasteiger partial charge in [0, 0.05) is 22.9 Å². The first-order chi connectivity index (χ1) is 8.66. The van der Waals surface area contributed by atoms with E-state index in [4.69, 9.17) is 4.52 Å². The Hall–Kier alpha value is -1.88. The number of benzene rings is 1. The molecule has 0 aliphatic rings. The molecule has 0 aliphatic carbocycles. The molecular formula is C13H11N3OS. The molecule has 0 radical (unpaired) electrons. The molecule has 0 spiro atoms. The highest BCUT2D eigenvalue weighted by molar-refractivity contribution is 7.80. The summed E-state index contributed by atoms with van der Waals surface area (Å²) in [5, 5.41) is 3.97. The fraction of sp³-hybridized carbons (Fsp3) is 0.154. The molecule has 0 N–H and O–H groups in total. The Morgan fingerprint density at radius 2 is 1.89 bits per heavy atom. The molecule has 0 amide bonds. The number of nitrogens with zero attached hydrogens (tertiary/aromatic N) is 3. The summed E-state index contributed by atoms with van der Waals surface area (Å²) in [5.74, 6) is 0.795. The molecule has 0 atom stereocenters. The van der Waals surface area contributed by atoms with E-state index in [0.29, 0.717) is 0 Å². The number of fused-ring (bicyclic) bond motifs is 1. The first-order valence-corrected chi connectivity index (χ1v) is 5.98. The number of hydrogen-bond donors (Lipinski definition) is 1. The van der Waals surface area contributed by atoms with Gasteiger partial charge in [0.2, 0.25) is 0 Å². The van der Waals surface area contributed by atoms with Crippen molar-refractivity contribution in [3.8, 4) is 11.1 Å². The van der Waals surface area contributed by atoms with Crippen molar-refractivity contribution >= 4 is 23.7 Å². The number of rotatable bonds is 1. The molecule has 0 unspecified atom stereocenters. The van der Waals surface area contributed by atoms with Gasteiger partial charge in [-0.15, -0.1) is 12.6 Å². The van der Waals surface area contributed by atoms with E-state index in [0.717, 1.165) is 38.5 Å². The van der Waals surface area contributed by atoms with Crippen molar-refractivity contribution < 1.29 is 4.52 Å². The van der Waals surface area contributed by atoms with Crippen molar-refractivity contribution in [2.24, 2.45) is 0 Å². The zero-order valence-electron chi connectivity index (χ0n) is 10.0. The number of aryl methyl sites for hydroxylation is 2. The molecule has 3 rings (SSSR count). The second-order valence-electron chi connectivity index (χ2n) is 4.12. The van der Waals surface area contributed by atoms with Crippen LogP contribution in [0.1, 0.15) is 11.5 Å². The van der Waals surface area contributed by atoms with Crippen LogP contribution in [0.3, 0.4) is 0 Å². The third-order valence-electron chi connectivity index (χ3n) is 2.88. The first-order valence-electron chi connectivity index (χ1n) is 5.54. The number of thiol groups is 1. The molecule has 18 heavy (non-hydrogen) atoms. The highest BCUT2D eigenvalue weighted by Gasteiger charge is 2.13. The van der Waals surface area contributed by atoms with Crippen molar-refractivity contribution in [1.29, 1.82) is 0 Å². The largest absolute Gasteiger partial charge is 0.361 e. The molecule has 90 valence electrons. The van der Waals surface area contributed by atoms with Crippen LogP contribution in [0.4, 0.5) is 0 Å². The average Bonchev–Trinajstić information content (AvgIpc) is 2.69. The van der Waals surface area contributed by atoms with Crippen LogP contribution in [0.15, 0.2) is 33.9 Å². The monoisotopic (exact) mass is 257 g/mol. The van der Waals surface area contributed by atoms with Crippen molar-refractivity contribution in [3.63, 3.8) is 0 Å². The van der Waals surface area contributed by atoms with Gasteiger partial charge in [0.15, 0.2) is 0 Å². The van der Waals surface area contributed by atoms with E-state index in [9.17, 15) is 0 Å². The molecule has 5 heteroatoms. The lowest BCUT2D eigenvalue weighted by atomic mass is 10.0. The summed E-state index contributed by atoms with van der Waals surface area (Å²) in [5.41, 5.74) is 4.49. The zero-order chi connectivity index (χ0) is 12.7. The zero-order valence-corrected chi connectivity index (χ0v) is 10.9. The maximum Gasteiger partial charge on any atom is 0.141 e. The second-order valence-corrected chi connectivity index (χ2v) is 4.60. The third kappa shape index (κ3) is 1.67. The molecule has 2 heterocycles. The highest BCUT2D eigenvalue weighted by atomic mass is 32.1. The summed E-state index contributed by atoms with van der Waals surface area (Å²) in [6.07, 6.45) is 3.34. The molecule has 1 aromatic carbocycles. The van der Waals surface area contributed by atoms with Gasteiger partial charge in [-0.2, -0.15) is 0 Å². The van der Waals surface area contributed by atoms with Gasteiger partial charge < -0.3 is 4.52 Å². The van der Waals surface area contributed by atoms with Gasteiger partial charge in [0.05, 0.1) is 11.2 Å². The molecule has 0 saturated heterocycles. The van der Waals surface area contributed by atoms with E-state index < -0.39 is 0 Å². The molecule has 0 aliphatic heterocycles. The van der Waals surface area contributed by atoms with Crippen LogP contribution in [0.2, 0.25) is 0 Å². The Kier molecular flexibility index (Phi) is 2.56. The average molecular weight is 257 g/mol. The SMILES string of the molecule is Cc1noc(C)c1-c1cc(S)c2nccnc2c1. The minimum atomic E-state index is 0.795. The summed E-state index contributed by atoms with van der Waals surface area (Å²) < 4.78 is 5.19. The molecule has 0 fully saturated rings. The Morgan fingerprint density at radius 1 is 1.11 bits per heavy atom. The number of hydrogen-bond acceptors (Lipinski definition) is 5. The van der Waals surface area contributed by atoms with Crippen LogP contribution in [0.25, 0.3) is 22.2 Å². The van der Waals surface area contributed by atoms with Crippen LogP contribution in [-0.2, 0) is 0 Å². The van der Waals surface area contributed by atoms with Gasteiger partial charge in [-0.3, -0.25) is 9.97 Å². The molecule has 3 aromatic rings. The molecule has 0 bridgehead atoms. The first kappa shape index (κ1) is 11.2. The maximum absolute atomic E-state index is 5.19. The van der Waals surface area contributed by atoms with Crippen molar-refractivity contribution in [2.75, 3.05) is 0 Å². The van der Waals surface area contributed by atoms with Gasteiger partial charge in [-0.05, 0) is 31.5 Å². The standard InChI is InChI=1S/C13H11N3OS/c1-7-12(8(2)17-16-7)9-5-10-13(11(18)6-9)15-4-3-14-10/h3-6,18H,1-2H3. The summed E-state index contributed by atoms with van der Waals surface area (Å²) >= 11 is 4.47. The predicted molar refractivity (Wildman–Crippen MR) is 71.8 cm³/mol. The quantitative estimate of drug-likeness (QED) is 0.680. The number of aromatic nitrogens is 3. The van der Waals surface area contributed by atoms with Gasteiger partial charge in [-0.1, -0.05) is 5.16 Å². The minimum absolute atomic E-state index is 0.795. The van der Waals surface area contributed by atoms with Gasteiger partial charge in [0.1, 0.15) is 11.3 Å². The normalized spacial score (nSPS) is 11.1. The highest BCUT2D eigenvalue weighted by Crippen LogP contribution is 2.31. The second kappa shape index (κ2) is 4.10. The summed E-state index contributed by atoms with van der Waals surface area (Å²) in [4.78, 5) is 9.38. The Balaban J connectivity index is 2.31. The lowest BCUT2D eigenvalue weighted by molar-refractivity contribution is 0.393. The maximum atomic E-state index is 5.19. The van der Waals surface area contributed by atoms with Crippen molar-refractivity contribution in [3.05, 3.63) is 36.0 Å². The van der Waals surface area contributed by atoms with E-state index >= 15 is 0 Å². The Morgan fingerprint density at radius 3 is 2.61 bits per heavy atom. The van der Waals surface area contributed by atoms with Crippen LogP contribution in [0, 0.1) is 13.8 Å². The fourth-order valence-electron chi connectivity index (χ4n) is 2.10. The smallest absolute Gasteiger partial charge is 0.141 e. The fourth-order valence-corrected chi connectivity index (χ4v) is 2.41. The molecular weight excluding hydrogens is 246 g/mol. The topological polar surface area (TPSA) is 51.8 Å². The van der Waals surface area contributed by atoms with Crippen LogP contribution >= 0.6 is 12.6 Å². The summed E-state index contributed by atoms with van der Waals surface area (Å²) in [7, 11) is 0. The lowest BCUT2D eigenvalue weighted by Crippen LogP contribution is -1.88. The van der Waals surface area contributed by atoms with Crippen molar-refractivity contribution in [1.82, 2.24) is 15.1 Å². The third-order valence-corrected chi connectivity index (χ3v) is 3.22. The Labute approximate surface area is 109 Å². The molecule has 0 saturated carbocycles. The van der Waals surface area contributed by atoms with E-state index in [1.807, 2.05) is 26.0 Å². The molecule has 2 aromatic heterocycles. The van der Waals surface area contributed by atoms with E-state index in [2.05, 4.69) is 27.8 Å². The lowest BCUT2D eigenvalue weighted by Gasteiger charge is -2.05. The van der Waals surface area contributed by atoms with Gasteiger partial charge in [-0.25, -0.2) is 0 Å². The van der Waals surface area contributed by atoms with Crippen LogP contribution < -0.4 is 0 Å². The van der Waals surface area contributed by atoms with Gasteiger partial charge in [0.25, 0.3) is 0 Å². The minimum Gasteiger partial charge on any atom is -0.361 e. The summed E-state index contributed by atoms with van der Waals surface area (Å²) in [6, 6.07) is 3.95. The summed E-state index contributed by atoms with van der Waals surface area (Å²) in [6.45, 7) is 3.82. The Bertz CT molecular complexity index is 717. The van der Waals surface area contributed by atoms with Crippen LogP contribution in [-0.4, -0.2) is 15.1 Å². The predicted octanol–water partition coefficient (Wildman–Crippen LogP) is 3.19. The van der Waals surface area contributed by atoms with E-state index in [1.54, 1.807) is 12.4 Å². The van der Waals surface area contributed by atoms with Crippen LogP contribution in [0.5, 0.6) is 0 Å². The van der Waals surface area contributed by atoms with Gasteiger partial charge >= 0.3 is 0 Å². The molecule has 4 nitrogen and oxygen atoms in total. The van der Waals surface area contributed by atoms with E-state index in [-0.39, 0.29) is 0 Å². The van der Waals surface area contributed by atoms with Crippen molar-refractivity contribution in [2.45, 2.75) is 18.7 Å².